The van der Waals surface area contributed by atoms with Crippen LogP contribution in [-0.4, -0.2) is 71.9 Å². The van der Waals surface area contributed by atoms with Gasteiger partial charge in [-0.15, -0.1) is 0 Å². The van der Waals surface area contributed by atoms with E-state index in [2.05, 4.69) is 6.58 Å². The first kappa shape index (κ1) is 25.1. The van der Waals surface area contributed by atoms with Crippen molar-refractivity contribution in [2.75, 3.05) is 20.3 Å². The Kier molecular flexibility index (Phi) is 7.48. The van der Waals surface area contributed by atoms with Gasteiger partial charge in [0.05, 0.1) is 19.2 Å². The maximum absolute atomic E-state index is 12.8. The SMILES string of the molecule is C=CCOC(=O)c1ccc2c(c1)CN(C(=O)O[C@@H]1C[C@@H](C(=O)OC)N(C(=O)OC(C)(C)C)C1)C2. The van der Waals surface area contributed by atoms with Gasteiger partial charge in [-0.3, -0.25) is 9.80 Å². The van der Waals surface area contributed by atoms with Crippen LogP contribution in [0.2, 0.25) is 0 Å². The van der Waals surface area contributed by atoms with Crippen molar-refractivity contribution in [3.05, 3.63) is 47.5 Å². The van der Waals surface area contributed by atoms with Gasteiger partial charge in [0.1, 0.15) is 24.4 Å². The van der Waals surface area contributed by atoms with Gasteiger partial charge in [0, 0.05) is 19.5 Å². The van der Waals surface area contributed by atoms with Crippen molar-refractivity contribution in [1.82, 2.24) is 9.80 Å². The quantitative estimate of drug-likeness (QED) is 0.364. The Balaban J connectivity index is 1.63. The Labute approximate surface area is 198 Å². The normalized spacial score (nSPS) is 19.3. The Morgan fingerprint density at radius 2 is 1.82 bits per heavy atom. The van der Waals surface area contributed by atoms with Gasteiger partial charge in [-0.25, -0.2) is 19.2 Å². The third-order valence-electron chi connectivity index (χ3n) is 5.39. The van der Waals surface area contributed by atoms with Crippen LogP contribution in [-0.2, 0) is 36.8 Å². The minimum Gasteiger partial charge on any atom is -0.467 e. The van der Waals surface area contributed by atoms with E-state index in [1.54, 1.807) is 39.0 Å². The summed E-state index contributed by atoms with van der Waals surface area (Å²) in [5.41, 5.74) is 1.36. The third kappa shape index (κ3) is 5.86. The van der Waals surface area contributed by atoms with Crippen molar-refractivity contribution in [2.24, 2.45) is 0 Å². The predicted octanol–water partition coefficient (Wildman–Crippen LogP) is 3.03. The number of carbonyl (C=O) groups is 4. The van der Waals surface area contributed by atoms with Crippen LogP contribution in [0.15, 0.2) is 30.9 Å². The Bertz CT molecular complexity index is 984. The van der Waals surface area contributed by atoms with Gasteiger partial charge >= 0.3 is 24.1 Å². The van der Waals surface area contributed by atoms with Crippen molar-refractivity contribution in [3.63, 3.8) is 0 Å². The lowest BCUT2D eigenvalue weighted by Gasteiger charge is -2.27. The molecule has 34 heavy (non-hydrogen) atoms. The molecule has 0 radical (unpaired) electrons. The van der Waals surface area contributed by atoms with E-state index >= 15 is 0 Å². The standard InChI is InChI=1S/C24H30N2O8/c1-6-9-32-20(27)15-7-8-16-12-25(13-17(16)10-15)22(29)33-18-11-19(21(28)31-5)26(14-18)23(30)34-24(2,3)4/h6-8,10,18-19H,1,9,11-14H2,2-5H3/t18-,19+/m1/s1. The number of hydrogen-bond acceptors (Lipinski definition) is 8. The molecule has 0 N–H and O–H groups in total. The molecule has 1 aromatic carbocycles. The highest BCUT2D eigenvalue weighted by Crippen LogP contribution is 2.28. The van der Waals surface area contributed by atoms with Crippen LogP contribution >= 0.6 is 0 Å². The molecule has 1 saturated heterocycles. The van der Waals surface area contributed by atoms with Crippen LogP contribution in [0.1, 0.15) is 48.7 Å². The molecule has 0 bridgehead atoms. The topological polar surface area (TPSA) is 112 Å². The van der Waals surface area contributed by atoms with Crippen LogP contribution in [0.5, 0.6) is 0 Å². The van der Waals surface area contributed by atoms with Crippen molar-refractivity contribution in [2.45, 2.75) is 58.0 Å². The van der Waals surface area contributed by atoms with Gasteiger partial charge < -0.3 is 18.9 Å². The molecule has 1 fully saturated rings. The van der Waals surface area contributed by atoms with Gasteiger partial charge in [0.2, 0.25) is 0 Å². The monoisotopic (exact) mass is 474 g/mol. The highest BCUT2D eigenvalue weighted by molar-refractivity contribution is 5.90. The van der Waals surface area contributed by atoms with Gasteiger partial charge in [0.15, 0.2) is 0 Å². The second-order valence-corrected chi connectivity index (χ2v) is 9.14. The Morgan fingerprint density at radius 3 is 2.47 bits per heavy atom. The second kappa shape index (κ2) is 10.1. The number of hydrogen-bond donors (Lipinski definition) is 0. The molecular formula is C24H30N2O8. The lowest BCUT2D eigenvalue weighted by Crippen LogP contribution is -2.44. The molecule has 2 atom stereocenters. The summed E-state index contributed by atoms with van der Waals surface area (Å²) in [4.78, 5) is 52.4. The van der Waals surface area contributed by atoms with Gasteiger partial charge in [-0.2, -0.15) is 0 Å². The molecule has 1 aromatic rings. The molecule has 2 aliphatic heterocycles. The zero-order chi connectivity index (χ0) is 25.0. The number of esters is 2. The summed E-state index contributed by atoms with van der Waals surface area (Å²) in [6.07, 6.45) is -0.354. The summed E-state index contributed by atoms with van der Waals surface area (Å²) in [6, 6.07) is 4.22. The maximum Gasteiger partial charge on any atom is 0.411 e. The molecule has 3 rings (SSSR count). The minimum atomic E-state index is -0.905. The van der Waals surface area contributed by atoms with Gasteiger partial charge in [-0.1, -0.05) is 18.7 Å². The fourth-order valence-electron chi connectivity index (χ4n) is 3.85. The van der Waals surface area contributed by atoms with Crippen LogP contribution in [0.3, 0.4) is 0 Å². The van der Waals surface area contributed by atoms with Crippen molar-refractivity contribution in [3.8, 4) is 0 Å². The molecule has 0 spiro atoms. The maximum atomic E-state index is 12.8. The number of amides is 2. The summed E-state index contributed by atoms with van der Waals surface area (Å²) < 4.78 is 20.9. The number of carbonyl (C=O) groups excluding carboxylic acids is 4. The summed E-state index contributed by atoms with van der Waals surface area (Å²) in [6.45, 7) is 9.40. The number of nitrogens with zero attached hydrogens (tertiary/aromatic N) is 2. The summed E-state index contributed by atoms with van der Waals surface area (Å²) in [5, 5.41) is 0. The molecule has 2 amide bonds. The van der Waals surface area contributed by atoms with Gasteiger partial charge in [-0.05, 0) is 44.0 Å². The fraction of sp³-hybridized carbons (Fsp3) is 0.500. The van der Waals surface area contributed by atoms with Gasteiger partial charge in [0.25, 0.3) is 0 Å². The third-order valence-corrected chi connectivity index (χ3v) is 5.39. The first-order valence-electron chi connectivity index (χ1n) is 10.9. The number of rotatable bonds is 5. The van der Waals surface area contributed by atoms with Crippen LogP contribution < -0.4 is 0 Å². The Hall–Kier alpha value is -3.56. The molecule has 0 unspecified atom stereocenters. The highest BCUT2D eigenvalue weighted by atomic mass is 16.6. The average molecular weight is 475 g/mol. The zero-order valence-corrected chi connectivity index (χ0v) is 19.9. The number of ether oxygens (including phenoxy) is 4. The number of fused-ring (bicyclic) bond motifs is 1. The van der Waals surface area contributed by atoms with E-state index < -0.39 is 41.9 Å². The first-order chi connectivity index (χ1) is 16.0. The van der Waals surface area contributed by atoms with E-state index in [0.29, 0.717) is 12.1 Å². The summed E-state index contributed by atoms with van der Waals surface area (Å²) in [5.74, 6) is -1.07. The molecule has 184 valence electrons. The minimum absolute atomic E-state index is 0.0144. The predicted molar refractivity (Wildman–Crippen MR) is 120 cm³/mol. The van der Waals surface area contributed by atoms with Crippen molar-refractivity contribution >= 4 is 24.1 Å². The van der Waals surface area contributed by atoms with Crippen molar-refractivity contribution < 1.29 is 38.1 Å². The Morgan fingerprint density at radius 1 is 1.12 bits per heavy atom. The summed E-state index contributed by atoms with van der Waals surface area (Å²) in [7, 11) is 1.23. The second-order valence-electron chi connectivity index (χ2n) is 9.14. The smallest absolute Gasteiger partial charge is 0.411 e. The lowest BCUT2D eigenvalue weighted by atomic mass is 10.1. The number of methoxy groups -OCH3 is 1. The van der Waals surface area contributed by atoms with E-state index in [1.165, 1.54) is 23.0 Å². The van der Waals surface area contributed by atoms with Crippen LogP contribution in [0.25, 0.3) is 0 Å². The zero-order valence-electron chi connectivity index (χ0n) is 19.9. The fourth-order valence-corrected chi connectivity index (χ4v) is 3.85. The van der Waals surface area contributed by atoms with Crippen molar-refractivity contribution in [1.29, 1.82) is 0 Å². The molecule has 0 saturated carbocycles. The molecule has 2 aliphatic rings. The van der Waals surface area contributed by atoms with E-state index in [4.69, 9.17) is 18.9 Å². The van der Waals surface area contributed by atoms with Crippen LogP contribution in [0, 0.1) is 0 Å². The molecule has 10 heteroatoms. The van der Waals surface area contributed by atoms with E-state index in [-0.39, 0.29) is 26.1 Å². The molecule has 0 aromatic heterocycles. The molecule has 0 aliphatic carbocycles. The average Bonchev–Trinajstić information content (AvgIpc) is 3.39. The first-order valence-corrected chi connectivity index (χ1v) is 10.9. The van der Waals surface area contributed by atoms with Crippen LogP contribution in [0.4, 0.5) is 9.59 Å². The van der Waals surface area contributed by atoms with E-state index in [0.717, 1.165) is 11.1 Å². The molecule has 2 heterocycles. The van der Waals surface area contributed by atoms with E-state index in [9.17, 15) is 19.2 Å². The molecular weight excluding hydrogens is 444 g/mol. The largest absolute Gasteiger partial charge is 0.467 e. The lowest BCUT2D eigenvalue weighted by molar-refractivity contribution is -0.145. The number of benzene rings is 1. The highest BCUT2D eigenvalue weighted by Gasteiger charge is 2.44. The summed E-state index contributed by atoms with van der Waals surface area (Å²) >= 11 is 0. The number of likely N-dealkylation sites (tertiary alicyclic amines) is 1. The van der Waals surface area contributed by atoms with E-state index in [1.807, 2.05) is 0 Å². The molecule has 10 nitrogen and oxygen atoms in total.